The molecule has 0 atom stereocenters. The zero-order valence-corrected chi connectivity index (χ0v) is 14.0. The Morgan fingerprint density at radius 1 is 1.14 bits per heavy atom. The van der Waals surface area contributed by atoms with E-state index in [0.717, 1.165) is 3.57 Å². The molecule has 0 heterocycles. The Balaban J connectivity index is 2.03. The van der Waals surface area contributed by atoms with Gasteiger partial charge in [-0.1, -0.05) is 12.1 Å². The summed E-state index contributed by atoms with van der Waals surface area (Å²) >= 11 is 2.16. The van der Waals surface area contributed by atoms with Gasteiger partial charge in [-0.3, -0.25) is 0 Å². The Morgan fingerprint density at radius 3 is 2.62 bits per heavy atom. The average molecular weight is 413 g/mol. The quantitative estimate of drug-likeness (QED) is 0.707. The fourth-order valence-corrected chi connectivity index (χ4v) is 3.35. The van der Waals surface area contributed by atoms with Crippen molar-refractivity contribution in [2.45, 2.75) is 4.90 Å². The maximum atomic E-state index is 12.2. The second-order valence-corrected chi connectivity index (χ2v) is 7.62. The van der Waals surface area contributed by atoms with E-state index in [-0.39, 0.29) is 17.3 Å². The minimum Gasteiger partial charge on any atom is -0.492 e. The summed E-state index contributed by atoms with van der Waals surface area (Å²) in [5.41, 5.74) is 0.328. The lowest BCUT2D eigenvalue weighted by molar-refractivity contribution is 0.340. The van der Waals surface area contributed by atoms with Gasteiger partial charge in [0.2, 0.25) is 0 Å². The van der Waals surface area contributed by atoms with Crippen molar-refractivity contribution < 1.29 is 13.2 Å². The molecular formula is C15H12INO3S. The monoisotopic (exact) mass is 413 g/mol. The minimum absolute atomic E-state index is 0.0687. The van der Waals surface area contributed by atoms with E-state index in [4.69, 9.17) is 10.00 Å². The van der Waals surface area contributed by atoms with Crippen LogP contribution in [0.15, 0.2) is 53.4 Å². The normalized spacial score (nSPS) is 10.9. The van der Waals surface area contributed by atoms with Gasteiger partial charge in [0.25, 0.3) is 0 Å². The highest BCUT2D eigenvalue weighted by molar-refractivity contribution is 14.1. The smallest absolute Gasteiger partial charge is 0.181 e. The van der Waals surface area contributed by atoms with Crippen molar-refractivity contribution in [1.29, 1.82) is 5.26 Å². The lowest BCUT2D eigenvalue weighted by Crippen LogP contribution is -2.14. The Bertz CT molecular complexity index is 782. The summed E-state index contributed by atoms with van der Waals surface area (Å²) in [5.74, 6) is 0.510. The Hall–Kier alpha value is -1.59. The summed E-state index contributed by atoms with van der Waals surface area (Å²) < 4.78 is 30.8. The number of halogens is 1. The molecule has 0 fully saturated rings. The largest absolute Gasteiger partial charge is 0.492 e. The predicted molar refractivity (Wildman–Crippen MR) is 87.9 cm³/mol. The summed E-state index contributed by atoms with van der Waals surface area (Å²) in [6.07, 6.45) is 0. The van der Waals surface area contributed by atoms with E-state index in [1.807, 2.05) is 24.3 Å². The molecule has 0 radical (unpaired) electrons. The molecule has 0 N–H and O–H groups in total. The number of nitrogens with zero attached hydrogens (tertiary/aromatic N) is 1. The molecule has 2 rings (SSSR count). The molecule has 0 aliphatic carbocycles. The first-order chi connectivity index (χ1) is 10.0. The van der Waals surface area contributed by atoms with Crippen LogP contribution in [-0.2, 0) is 9.84 Å². The van der Waals surface area contributed by atoms with Gasteiger partial charge in [0.15, 0.2) is 9.84 Å². The molecule has 0 bridgehead atoms. The van der Waals surface area contributed by atoms with Gasteiger partial charge in [0, 0.05) is 3.57 Å². The zero-order chi connectivity index (χ0) is 15.3. The van der Waals surface area contributed by atoms with Gasteiger partial charge in [0.05, 0.1) is 22.3 Å². The van der Waals surface area contributed by atoms with Crippen LogP contribution in [0.1, 0.15) is 5.56 Å². The van der Waals surface area contributed by atoms with Gasteiger partial charge in [-0.2, -0.15) is 5.26 Å². The van der Waals surface area contributed by atoms with E-state index in [9.17, 15) is 8.42 Å². The van der Waals surface area contributed by atoms with E-state index in [1.54, 1.807) is 18.2 Å². The number of hydrogen-bond donors (Lipinski definition) is 0. The first kappa shape index (κ1) is 15.8. The fraction of sp³-hybridized carbons (Fsp3) is 0.133. The van der Waals surface area contributed by atoms with Crippen molar-refractivity contribution >= 4 is 32.4 Å². The number of rotatable bonds is 5. The summed E-state index contributed by atoms with van der Waals surface area (Å²) in [5, 5.41) is 8.81. The Labute approximate surface area is 137 Å². The minimum atomic E-state index is -3.45. The third-order valence-corrected chi connectivity index (χ3v) is 5.09. The number of sulfone groups is 1. The third kappa shape index (κ3) is 4.44. The molecule has 6 heteroatoms. The molecular weight excluding hydrogens is 401 g/mol. The third-order valence-electron chi connectivity index (χ3n) is 2.74. The van der Waals surface area contributed by atoms with Crippen molar-refractivity contribution in [3.05, 3.63) is 57.7 Å². The summed E-state index contributed by atoms with van der Waals surface area (Å²) in [6.45, 7) is 0.0687. The van der Waals surface area contributed by atoms with Crippen LogP contribution in [0.2, 0.25) is 0 Å². The molecule has 0 amide bonds. The van der Waals surface area contributed by atoms with Gasteiger partial charge < -0.3 is 4.74 Å². The number of ether oxygens (including phenoxy) is 1. The molecule has 0 spiro atoms. The van der Waals surface area contributed by atoms with Gasteiger partial charge in [-0.25, -0.2) is 8.42 Å². The Kier molecular flexibility index (Phi) is 5.20. The second-order valence-electron chi connectivity index (χ2n) is 4.26. The zero-order valence-electron chi connectivity index (χ0n) is 11.0. The summed E-state index contributed by atoms with van der Waals surface area (Å²) in [4.78, 5) is 0.146. The first-order valence-corrected chi connectivity index (χ1v) is 8.86. The number of benzene rings is 2. The van der Waals surface area contributed by atoms with Crippen LogP contribution in [0.25, 0.3) is 0 Å². The van der Waals surface area contributed by atoms with Crippen molar-refractivity contribution in [2.75, 3.05) is 12.4 Å². The Morgan fingerprint density at radius 2 is 1.90 bits per heavy atom. The van der Waals surface area contributed by atoms with Crippen LogP contribution in [0.4, 0.5) is 0 Å². The van der Waals surface area contributed by atoms with Crippen LogP contribution < -0.4 is 4.74 Å². The van der Waals surface area contributed by atoms with E-state index in [2.05, 4.69) is 22.6 Å². The standard InChI is InChI=1S/C15H12INO3S/c16-13-4-2-5-14(10-13)20-7-8-21(18,19)15-6-1-3-12(9-15)11-17/h1-6,9-10H,7-8H2. The van der Waals surface area contributed by atoms with E-state index < -0.39 is 9.84 Å². The molecule has 0 unspecified atom stereocenters. The van der Waals surface area contributed by atoms with Crippen molar-refractivity contribution in [3.8, 4) is 11.8 Å². The van der Waals surface area contributed by atoms with Crippen molar-refractivity contribution in [3.63, 3.8) is 0 Å². The van der Waals surface area contributed by atoms with Crippen molar-refractivity contribution in [1.82, 2.24) is 0 Å². The molecule has 4 nitrogen and oxygen atoms in total. The molecule has 0 aromatic heterocycles. The maximum Gasteiger partial charge on any atom is 0.181 e. The SMILES string of the molecule is N#Cc1cccc(S(=O)(=O)CCOc2cccc(I)c2)c1. The number of nitriles is 1. The second kappa shape index (κ2) is 6.91. The van der Waals surface area contributed by atoms with E-state index in [0.29, 0.717) is 11.3 Å². The first-order valence-electron chi connectivity index (χ1n) is 6.12. The van der Waals surface area contributed by atoms with Gasteiger partial charge in [-0.15, -0.1) is 0 Å². The molecule has 0 saturated carbocycles. The fourth-order valence-electron chi connectivity index (χ4n) is 1.70. The molecule has 0 aliphatic rings. The van der Waals surface area contributed by atoms with Crippen LogP contribution in [0.3, 0.4) is 0 Å². The highest BCUT2D eigenvalue weighted by Gasteiger charge is 2.15. The van der Waals surface area contributed by atoms with Gasteiger partial charge in [0.1, 0.15) is 12.4 Å². The lowest BCUT2D eigenvalue weighted by Gasteiger charge is -2.08. The van der Waals surface area contributed by atoms with Crippen LogP contribution in [-0.4, -0.2) is 20.8 Å². The molecule has 2 aromatic carbocycles. The molecule has 0 aliphatic heterocycles. The van der Waals surface area contributed by atoms with Crippen LogP contribution in [0.5, 0.6) is 5.75 Å². The van der Waals surface area contributed by atoms with Gasteiger partial charge in [-0.05, 0) is 59.0 Å². The highest BCUT2D eigenvalue weighted by atomic mass is 127. The maximum absolute atomic E-state index is 12.2. The van der Waals surface area contributed by atoms with E-state index in [1.165, 1.54) is 12.1 Å². The summed E-state index contributed by atoms with van der Waals surface area (Å²) in [6, 6.07) is 15.3. The van der Waals surface area contributed by atoms with Gasteiger partial charge >= 0.3 is 0 Å². The highest BCUT2D eigenvalue weighted by Crippen LogP contribution is 2.16. The topological polar surface area (TPSA) is 67.2 Å². The van der Waals surface area contributed by atoms with Crippen LogP contribution in [0, 0.1) is 14.9 Å². The van der Waals surface area contributed by atoms with Crippen molar-refractivity contribution in [2.24, 2.45) is 0 Å². The molecule has 0 saturated heterocycles. The lowest BCUT2D eigenvalue weighted by atomic mass is 10.2. The molecule has 21 heavy (non-hydrogen) atoms. The average Bonchev–Trinajstić information content (AvgIpc) is 2.47. The predicted octanol–water partition coefficient (Wildman–Crippen LogP) is 3.02. The molecule has 108 valence electrons. The van der Waals surface area contributed by atoms with Crippen LogP contribution >= 0.6 is 22.6 Å². The summed E-state index contributed by atoms with van der Waals surface area (Å²) in [7, 11) is -3.45. The number of hydrogen-bond acceptors (Lipinski definition) is 4. The molecule has 2 aromatic rings. The van der Waals surface area contributed by atoms with E-state index >= 15 is 0 Å².